The lowest BCUT2D eigenvalue weighted by Gasteiger charge is -2.55. The van der Waals surface area contributed by atoms with Gasteiger partial charge in [0.05, 0.1) is 18.4 Å². The number of unbranched alkanes of at least 4 members (excludes halogenated alkanes) is 1. The molecule has 1 aromatic carbocycles. The van der Waals surface area contributed by atoms with E-state index in [9.17, 15) is 19.2 Å². The lowest BCUT2D eigenvalue weighted by molar-refractivity contribution is -0.170. The van der Waals surface area contributed by atoms with Crippen LogP contribution in [0.3, 0.4) is 0 Å². The minimum atomic E-state index is -2.74. The second kappa shape index (κ2) is 13.8. The third kappa shape index (κ3) is 7.13. The molecule has 0 unspecified atom stereocenters. The number of rotatable bonds is 10. The number of carboxylic acids is 3. The molecule has 1 saturated carbocycles. The van der Waals surface area contributed by atoms with Gasteiger partial charge in [0.1, 0.15) is 0 Å². The van der Waals surface area contributed by atoms with Crippen molar-refractivity contribution in [1.29, 1.82) is 0 Å². The molecule has 1 aliphatic heterocycles. The number of benzene rings is 1. The van der Waals surface area contributed by atoms with Gasteiger partial charge in [-0.2, -0.15) is 0 Å². The maximum atomic E-state index is 13.2. The first-order valence-corrected chi connectivity index (χ1v) is 15.0. The monoisotopic (exact) mass is 602 g/mol. The number of aliphatic hydroxyl groups is 1. The van der Waals surface area contributed by atoms with Crippen molar-refractivity contribution in [3.05, 3.63) is 35.5 Å². The largest absolute Gasteiger partial charge is 0.481 e. The van der Waals surface area contributed by atoms with Crippen molar-refractivity contribution in [2.24, 2.45) is 0 Å². The fourth-order valence-electron chi connectivity index (χ4n) is 6.76. The number of aliphatic carboxylic acids is 3. The van der Waals surface area contributed by atoms with Gasteiger partial charge in [0.15, 0.2) is 5.60 Å². The average Bonchev–Trinajstić information content (AvgIpc) is 3.32. The number of H-pyrrole nitrogens is 1. The normalized spacial score (nSPS) is 21.7. The minimum Gasteiger partial charge on any atom is -0.481 e. The summed E-state index contributed by atoms with van der Waals surface area (Å²) in [5, 5.41) is 38.2. The van der Waals surface area contributed by atoms with Crippen LogP contribution in [0.25, 0.3) is 10.9 Å². The fraction of sp³-hybridized carbons (Fsp3) is 0.613. The van der Waals surface area contributed by atoms with E-state index in [1.807, 2.05) is 6.92 Å². The maximum Gasteiger partial charge on any atom is 0.336 e. The minimum absolute atomic E-state index is 0.0905. The lowest BCUT2D eigenvalue weighted by atomic mass is 9.66. The second-order valence-electron chi connectivity index (χ2n) is 12.0. The summed E-state index contributed by atoms with van der Waals surface area (Å²) in [5.41, 5.74) is 1.21. The van der Waals surface area contributed by atoms with Gasteiger partial charge in [-0.05, 0) is 71.2 Å². The first-order valence-electron chi connectivity index (χ1n) is 15.0. The predicted octanol–water partition coefficient (Wildman–Crippen LogP) is 3.77. The van der Waals surface area contributed by atoms with Gasteiger partial charge in [-0.15, -0.1) is 0 Å². The molecule has 0 atom stereocenters. The Hall–Kier alpha value is -3.64. The van der Waals surface area contributed by atoms with E-state index in [0.717, 1.165) is 38.6 Å². The van der Waals surface area contributed by atoms with E-state index < -0.39 is 36.4 Å². The molecule has 2 heterocycles. The Balaban J connectivity index is 0.000000331. The molecule has 12 nitrogen and oxygen atoms in total. The number of carbonyl (C=O) groups excluding carboxylic acids is 1. The molecule has 0 saturated heterocycles. The third-order valence-electron chi connectivity index (χ3n) is 9.19. The van der Waals surface area contributed by atoms with E-state index in [1.54, 1.807) is 0 Å². The summed E-state index contributed by atoms with van der Waals surface area (Å²) in [4.78, 5) is 52.0. The Bertz CT molecular complexity index is 1300. The van der Waals surface area contributed by atoms with Gasteiger partial charge in [0, 0.05) is 35.2 Å². The summed E-state index contributed by atoms with van der Waals surface area (Å²) in [6.45, 7) is 5.75. The lowest BCUT2D eigenvalue weighted by Crippen LogP contribution is -2.61. The van der Waals surface area contributed by atoms with Crippen LogP contribution in [0, 0.1) is 0 Å². The molecule has 0 bridgehead atoms. The van der Waals surface area contributed by atoms with Crippen molar-refractivity contribution in [2.45, 2.75) is 94.7 Å². The summed E-state index contributed by atoms with van der Waals surface area (Å²) < 4.78 is 0. The summed E-state index contributed by atoms with van der Waals surface area (Å²) in [6.07, 6.45) is 6.68. The van der Waals surface area contributed by atoms with Crippen LogP contribution in [-0.4, -0.2) is 97.5 Å². The van der Waals surface area contributed by atoms with Crippen LogP contribution >= 0.6 is 0 Å². The molecular weight excluding hydrogens is 556 g/mol. The second-order valence-corrected chi connectivity index (χ2v) is 12.0. The highest BCUT2D eigenvalue weighted by molar-refractivity contribution is 5.88. The van der Waals surface area contributed by atoms with Crippen LogP contribution < -0.4 is 5.32 Å². The van der Waals surface area contributed by atoms with Crippen LogP contribution in [0.2, 0.25) is 0 Å². The number of nitrogens with zero attached hydrogens (tertiary/aromatic N) is 2. The van der Waals surface area contributed by atoms with Crippen LogP contribution in [0.4, 0.5) is 4.79 Å². The van der Waals surface area contributed by atoms with E-state index in [2.05, 4.69) is 65.4 Å². The van der Waals surface area contributed by atoms with Crippen LogP contribution in [0.5, 0.6) is 0 Å². The number of hydrogen-bond acceptors (Lipinski definition) is 6. The molecule has 12 heteroatoms. The number of aromatic amines is 1. The number of urea groups is 1. The van der Waals surface area contributed by atoms with E-state index in [0.29, 0.717) is 6.54 Å². The summed E-state index contributed by atoms with van der Waals surface area (Å²) in [7, 11) is 4.48. The number of carbonyl (C=O) groups is 4. The molecular formula is C31H46N4O8. The number of fused-ring (bicyclic) bond motifs is 4. The number of para-hydroxylation sites is 1. The Morgan fingerprint density at radius 2 is 1.60 bits per heavy atom. The standard InChI is InChI=1S/C25H38N4O.C6H8O7/c1-5-7-13-24(28(3)4)14-16-25(17-15-24)22-20(12-18-29(25)23(30)26-6-2)19-10-8-9-11-21(19)27-22;7-3(8)1-6(13,5(11)12)2-4(9)10/h8-11,27H,5-7,12-18H2,1-4H3,(H,26,30);13H,1-2H2,(H,7,8)(H,9,10)(H,11,12). The maximum absolute atomic E-state index is 13.2. The highest BCUT2D eigenvalue weighted by Crippen LogP contribution is 2.51. The Morgan fingerprint density at radius 3 is 2.12 bits per heavy atom. The number of carboxylic acid groups (broad SMARTS) is 3. The molecule has 2 aliphatic rings. The van der Waals surface area contributed by atoms with Crippen molar-refractivity contribution >= 4 is 34.8 Å². The van der Waals surface area contributed by atoms with Crippen LogP contribution in [0.15, 0.2) is 24.3 Å². The number of hydrogen-bond donors (Lipinski definition) is 6. The Labute approximate surface area is 252 Å². The zero-order valence-electron chi connectivity index (χ0n) is 25.6. The van der Waals surface area contributed by atoms with Gasteiger partial charge in [-0.3, -0.25) is 9.59 Å². The fourth-order valence-corrected chi connectivity index (χ4v) is 6.76. The molecule has 238 valence electrons. The van der Waals surface area contributed by atoms with Gasteiger partial charge >= 0.3 is 23.9 Å². The topological polar surface area (TPSA) is 183 Å². The molecule has 1 spiro atoms. The van der Waals surface area contributed by atoms with Crippen molar-refractivity contribution in [2.75, 3.05) is 27.2 Å². The number of aromatic nitrogens is 1. The van der Waals surface area contributed by atoms with E-state index in [1.165, 1.54) is 41.4 Å². The van der Waals surface area contributed by atoms with Crippen LogP contribution in [0.1, 0.15) is 82.9 Å². The molecule has 2 aromatic rings. The molecule has 0 radical (unpaired) electrons. The zero-order valence-corrected chi connectivity index (χ0v) is 25.6. The smallest absolute Gasteiger partial charge is 0.336 e. The van der Waals surface area contributed by atoms with Crippen molar-refractivity contribution in [1.82, 2.24) is 20.1 Å². The zero-order chi connectivity index (χ0) is 32.0. The summed E-state index contributed by atoms with van der Waals surface area (Å²) in [5.74, 6) is -5.02. The van der Waals surface area contributed by atoms with E-state index in [-0.39, 0.29) is 17.1 Å². The van der Waals surface area contributed by atoms with Gasteiger partial charge in [-0.25, -0.2) is 9.59 Å². The molecule has 1 aliphatic carbocycles. The molecule has 2 amide bonds. The molecule has 4 rings (SSSR count). The summed E-state index contributed by atoms with van der Waals surface area (Å²) >= 11 is 0. The van der Waals surface area contributed by atoms with Crippen molar-refractivity contribution < 1.29 is 39.6 Å². The third-order valence-corrected chi connectivity index (χ3v) is 9.19. The highest BCUT2D eigenvalue weighted by Gasteiger charge is 2.52. The Kier molecular flexibility index (Phi) is 10.8. The molecule has 43 heavy (non-hydrogen) atoms. The van der Waals surface area contributed by atoms with E-state index >= 15 is 0 Å². The molecule has 1 aromatic heterocycles. The molecule has 6 N–H and O–H groups in total. The van der Waals surface area contributed by atoms with Gasteiger partial charge in [0.2, 0.25) is 0 Å². The highest BCUT2D eigenvalue weighted by atomic mass is 16.4. The Morgan fingerprint density at radius 1 is 1.00 bits per heavy atom. The summed E-state index contributed by atoms with van der Waals surface area (Å²) in [6, 6.07) is 8.72. The van der Waals surface area contributed by atoms with Gasteiger partial charge in [0.25, 0.3) is 0 Å². The van der Waals surface area contributed by atoms with Crippen LogP contribution in [-0.2, 0) is 26.3 Å². The van der Waals surface area contributed by atoms with Crippen molar-refractivity contribution in [3.63, 3.8) is 0 Å². The number of amides is 2. The average molecular weight is 603 g/mol. The first kappa shape index (κ1) is 33.9. The SMILES string of the molecule is CCCCC1(N(C)C)CCC2(CC1)c1[nH]c3ccccc3c1CCN2C(=O)NCC.O=C(O)CC(O)(CC(=O)O)C(=O)O. The first-order chi connectivity index (χ1) is 20.2. The van der Waals surface area contributed by atoms with Gasteiger partial charge in [-0.1, -0.05) is 38.0 Å². The predicted molar refractivity (Wildman–Crippen MR) is 161 cm³/mol. The van der Waals surface area contributed by atoms with E-state index in [4.69, 9.17) is 20.4 Å². The van der Waals surface area contributed by atoms with Crippen molar-refractivity contribution in [3.8, 4) is 0 Å². The number of nitrogens with one attached hydrogen (secondary N) is 2. The molecule has 1 fully saturated rings. The van der Waals surface area contributed by atoms with Gasteiger partial charge < -0.3 is 40.5 Å². The quantitative estimate of drug-likeness (QED) is 0.236.